The van der Waals surface area contributed by atoms with Crippen molar-refractivity contribution in [1.82, 2.24) is 10.2 Å². The molecule has 1 aliphatic heterocycles. The summed E-state index contributed by atoms with van der Waals surface area (Å²) in [6.07, 6.45) is 2.50. The Labute approximate surface area is 107 Å². The third-order valence-corrected chi connectivity index (χ3v) is 3.27. The molecule has 0 amide bonds. The van der Waals surface area contributed by atoms with Gasteiger partial charge in [-0.1, -0.05) is 0 Å². The van der Waals surface area contributed by atoms with Gasteiger partial charge in [0, 0.05) is 6.54 Å². The number of nitrogens with zero attached hydrogens (tertiary/aromatic N) is 1. The number of hydrogen-bond donors (Lipinski definition) is 2. The number of aromatic carboxylic acids is 1. The normalized spacial score (nSPS) is 20.2. The molecule has 1 saturated heterocycles. The SMILES string of the molecule is CN(Cc1ccc(C(=O)O)o1)CC1CCCNC1. The van der Waals surface area contributed by atoms with Crippen molar-refractivity contribution in [2.75, 3.05) is 26.7 Å². The average molecular weight is 252 g/mol. The number of hydrogen-bond acceptors (Lipinski definition) is 4. The van der Waals surface area contributed by atoms with Crippen molar-refractivity contribution in [2.45, 2.75) is 19.4 Å². The summed E-state index contributed by atoms with van der Waals surface area (Å²) in [4.78, 5) is 12.9. The molecule has 1 fully saturated rings. The molecule has 0 saturated carbocycles. The average Bonchev–Trinajstić information content (AvgIpc) is 2.78. The second-order valence-electron chi connectivity index (χ2n) is 4.98. The van der Waals surface area contributed by atoms with Crippen LogP contribution in [0.1, 0.15) is 29.2 Å². The predicted molar refractivity (Wildman–Crippen MR) is 67.6 cm³/mol. The van der Waals surface area contributed by atoms with E-state index in [4.69, 9.17) is 9.52 Å². The van der Waals surface area contributed by atoms with Crippen LogP contribution in [-0.4, -0.2) is 42.7 Å². The van der Waals surface area contributed by atoms with Gasteiger partial charge in [0.2, 0.25) is 5.76 Å². The first kappa shape index (κ1) is 13.1. The first-order valence-corrected chi connectivity index (χ1v) is 6.36. The van der Waals surface area contributed by atoms with Crippen molar-refractivity contribution >= 4 is 5.97 Å². The van der Waals surface area contributed by atoms with Crippen LogP contribution in [0.25, 0.3) is 0 Å². The van der Waals surface area contributed by atoms with Gasteiger partial charge in [0.25, 0.3) is 0 Å². The van der Waals surface area contributed by atoms with E-state index in [1.807, 2.05) is 7.05 Å². The van der Waals surface area contributed by atoms with Crippen LogP contribution in [0.5, 0.6) is 0 Å². The van der Waals surface area contributed by atoms with Gasteiger partial charge in [-0.3, -0.25) is 4.90 Å². The smallest absolute Gasteiger partial charge is 0.371 e. The highest BCUT2D eigenvalue weighted by molar-refractivity contribution is 5.84. The molecule has 0 spiro atoms. The third kappa shape index (κ3) is 3.58. The van der Waals surface area contributed by atoms with E-state index in [0.717, 1.165) is 19.6 Å². The Morgan fingerprint density at radius 1 is 1.61 bits per heavy atom. The first-order valence-electron chi connectivity index (χ1n) is 6.36. The molecule has 100 valence electrons. The van der Waals surface area contributed by atoms with Gasteiger partial charge in [0.1, 0.15) is 5.76 Å². The monoisotopic (exact) mass is 252 g/mol. The zero-order valence-electron chi connectivity index (χ0n) is 10.7. The zero-order chi connectivity index (χ0) is 13.0. The van der Waals surface area contributed by atoms with Crippen molar-refractivity contribution in [3.05, 3.63) is 23.7 Å². The van der Waals surface area contributed by atoms with Crippen molar-refractivity contribution in [3.8, 4) is 0 Å². The molecular weight excluding hydrogens is 232 g/mol. The number of nitrogens with one attached hydrogen (secondary N) is 1. The maximum absolute atomic E-state index is 10.7. The Bertz CT molecular complexity index is 397. The van der Waals surface area contributed by atoms with Gasteiger partial charge in [0.15, 0.2) is 0 Å². The molecule has 1 unspecified atom stereocenters. The Morgan fingerprint density at radius 2 is 2.44 bits per heavy atom. The molecule has 0 aliphatic carbocycles. The quantitative estimate of drug-likeness (QED) is 0.829. The number of carbonyl (C=O) groups is 1. The lowest BCUT2D eigenvalue weighted by molar-refractivity contribution is 0.0658. The minimum atomic E-state index is -1.01. The van der Waals surface area contributed by atoms with Gasteiger partial charge in [0.05, 0.1) is 6.54 Å². The van der Waals surface area contributed by atoms with Gasteiger partial charge < -0.3 is 14.8 Å². The van der Waals surface area contributed by atoms with Crippen LogP contribution < -0.4 is 5.32 Å². The van der Waals surface area contributed by atoms with Crippen LogP contribution in [0.4, 0.5) is 0 Å². The van der Waals surface area contributed by atoms with Crippen molar-refractivity contribution < 1.29 is 14.3 Å². The number of rotatable bonds is 5. The van der Waals surface area contributed by atoms with E-state index in [2.05, 4.69) is 10.2 Å². The highest BCUT2D eigenvalue weighted by Crippen LogP contribution is 2.14. The molecule has 18 heavy (non-hydrogen) atoms. The van der Waals surface area contributed by atoms with E-state index in [1.54, 1.807) is 6.07 Å². The second-order valence-corrected chi connectivity index (χ2v) is 4.98. The van der Waals surface area contributed by atoms with E-state index in [9.17, 15) is 4.79 Å². The van der Waals surface area contributed by atoms with E-state index in [1.165, 1.54) is 18.9 Å². The maximum atomic E-state index is 10.7. The van der Waals surface area contributed by atoms with Crippen LogP contribution in [-0.2, 0) is 6.54 Å². The van der Waals surface area contributed by atoms with Crippen LogP contribution >= 0.6 is 0 Å². The molecule has 0 aromatic carbocycles. The van der Waals surface area contributed by atoms with Crippen LogP contribution in [0.3, 0.4) is 0 Å². The van der Waals surface area contributed by atoms with Crippen molar-refractivity contribution in [3.63, 3.8) is 0 Å². The summed E-state index contributed by atoms with van der Waals surface area (Å²) in [6.45, 7) is 3.86. The first-order chi connectivity index (χ1) is 8.65. The molecule has 0 radical (unpaired) electrons. The standard InChI is InChI=1S/C13H20N2O3/c1-15(8-10-3-2-6-14-7-10)9-11-4-5-12(18-11)13(16)17/h4-5,10,14H,2-3,6-9H2,1H3,(H,16,17). The van der Waals surface area contributed by atoms with Gasteiger partial charge in [-0.15, -0.1) is 0 Å². The van der Waals surface area contributed by atoms with E-state index in [0.29, 0.717) is 18.2 Å². The maximum Gasteiger partial charge on any atom is 0.371 e. The van der Waals surface area contributed by atoms with E-state index in [-0.39, 0.29) is 5.76 Å². The fraction of sp³-hybridized carbons (Fsp3) is 0.615. The van der Waals surface area contributed by atoms with E-state index < -0.39 is 5.97 Å². The van der Waals surface area contributed by atoms with Crippen LogP contribution in [0.15, 0.2) is 16.5 Å². The second kappa shape index (κ2) is 6.02. The Morgan fingerprint density at radius 3 is 3.06 bits per heavy atom. The van der Waals surface area contributed by atoms with Crippen LogP contribution in [0, 0.1) is 5.92 Å². The molecule has 0 bridgehead atoms. The number of piperidine rings is 1. The highest BCUT2D eigenvalue weighted by atomic mass is 16.4. The van der Waals surface area contributed by atoms with Gasteiger partial charge in [-0.25, -0.2) is 4.79 Å². The fourth-order valence-corrected chi connectivity index (χ4v) is 2.43. The number of carboxylic acid groups (broad SMARTS) is 1. The zero-order valence-corrected chi connectivity index (χ0v) is 10.7. The molecule has 2 N–H and O–H groups in total. The minimum absolute atomic E-state index is 0.0118. The van der Waals surface area contributed by atoms with Crippen molar-refractivity contribution in [1.29, 1.82) is 0 Å². The summed E-state index contributed by atoms with van der Waals surface area (Å²) < 4.78 is 5.25. The molecule has 5 heteroatoms. The molecule has 1 aromatic rings. The summed E-state index contributed by atoms with van der Waals surface area (Å²) in [5.41, 5.74) is 0. The summed E-state index contributed by atoms with van der Waals surface area (Å²) in [5.74, 6) is 0.384. The topological polar surface area (TPSA) is 65.7 Å². The number of furan rings is 1. The molecule has 5 nitrogen and oxygen atoms in total. The van der Waals surface area contributed by atoms with Crippen LogP contribution in [0.2, 0.25) is 0 Å². The predicted octanol–water partition coefficient (Wildman–Crippen LogP) is 1.41. The fourth-order valence-electron chi connectivity index (χ4n) is 2.43. The lowest BCUT2D eigenvalue weighted by atomic mass is 9.99. The third-order valence-electron chi connectivity index (χ3n) is 3.27. The van der Waals surface area contributed by atoms with Gasteiger partial charge >= 0.3 is 5.97 Å². The molecule has 2 heterocycles. The summed E-state index contributed by atoms with van der Waals surface area (Å²) >= 11 is 0. The Kier molecular flexibility index (Phi) is 4.38. The Hall–Kier alpha value is -1.33. The van der Waals surface area contributed by atoms with Crippen molar-refractivity contribution in [2.24, 2.45) is 5.92 Å². The minimum Gasteiger partial charge on any atom is -0.475 e. The number of carboxylic acids is 1. The lowest BCUT2D eigenvalue weighted by Gasteiger charge is -2.27. The van der Waals surface area contributed by atoms with Gasteiger partial charge in [-0.2, -0.15) is 0 Å². The Balaban J connectivity index is 1.82. The molecule has 2 rings (SSSR count). The summed E-state index contributed by atoms with van der Waals surface area (Å²) in [5, 5.41) is 12.2. The summed E-state index contributed by atoms with van der Waals surface area (Å²) in [6, 6.07) is 3.24. The van der Waals surface area contributed by atoms with E-state index >= 15 is 0 Å². The van der Waals surface area contributed by atoms with Gasteiger partial charge in [-0.05, 0) is 51.0 Å². The molecule has 1 aromatic heterocycles. The molecular formula is C13H20N2O3. The summed E-state index contributed by atoms with van der Waals surface area (Å²) in [7, 11) is 2.04. The highest BCUT2D eigenvalue weighted by Gasteiger charge is 2.16. The molecule has 1 atom stereocenters. The largest absolute Gasteiger partial charge is 0.475 e. The molecule has 1 aliphatic rings. The lowest BCUT2D eigenvalue weighted by Crippen LogP contribution is -2.36.